The molecule has 0 atom stereocenters. The molecule has 0 aromatic carbocycles. The van der Waals surface area contributed by atoms with Crippen LogP contribution in [0.25, 0.3) is 22.6 Å². The van der Waals surface area contributed by atoms with E-state index in [1.54, 1.807) is 6.07 Å². The van der Waals surface area contributed by atoms with Crippen LogP contribution in [-0.4, -0.2) is 19.9 Å². The van der Waals surface area contributed by atoms with Crippen LogP contribution in [0, 0.1) is 0 Å². The molecule has 0 saturated carbocycles. The smallest absolute Gasteiger partial charge is 0.203 e. The molecule has 6 nitrogen and oxygen atoms in total. The summed E-state index contributed by atoms with van der Waals surface area (Å²) in [5.41, 5.74) is 7.44. The van der Waals surface area contributed by atoms with Gasteiger partial charge in [0.05, 0.1) is 11.8 Å². The van der Waals surface area contributed by atoms with E-state index in [4.69, 9.17) is 21.8 Å². The third-order valence-corrected chi connectivity index (χ3v) is 2.48. The van der Waals surface area contributed by atoms with Crippen molar-refractivity contribution >= 4 is 28.6 Å². The molecule has 0 spiro atoms. The van der Waals surface area contributed by atoms with E-state index in [1.165, 1.54) is 12.6 Å². The van der Waals surface area contributed by atoms with E-state index in [0.29, 0.717) is 28.4 Å². The fourth-order valence-electron chi connectivity index (χ4n) is 1.44. The van der Waals surface area contributed by atoms with Crippen molar-refractivity contribution in [1.82, 2.24) is 19.9 Å². The quantitative estimate of drug-likeness (QED) is 0.671. The highest BCUT2D eigenvalue weighted by atomic mass is 35.5. The number of nitrogen functional groups attached to an aromatic ring is 1. The molecular weight excluding hydrogens is 230 g/mol. The van der Waals surface area contributed by atoms with E-state index < -0.39 is 0 Å². The van der Waals surface area contributed by atoms with Gasteiger partial charge in [-0.15, -0.1) is 0 Å². The minimum absolute atomic E-state index is 0.269. The van der Waals surface area contributed by atoms with Crippen molar-refractivity contribution in [3.8, 4) is 11.4 Å². The Balaban J connectivity index is 2.27. The van der Waals surface area contributed by atoms with Gasteiger partial charge in [0.1, 0.15) is 17.7 Å². The third-order valence-electron chi connectivity index (χ3n) is 2.19. The highest BCUT2D eigenvalue weighted by Gasteiger charge is 2.13. The molecule has 3 aromatic heterocycles. The van der Waals surface area contributed by atoms with Gasteiger partial charge < -0.3 is 15.1 Å². The Kier molecular flexibility index (Phi) is 1.84. The number of imidazole rings is 1. The topological polar surface area (TPSA) is 93.6 Å². The summed E-state index contributed by atoms with van der Waals surface area (Å²) >= 11 is 5.85. The minimum Gasteiger partial charge on any atom is -0.452 e. The predicted molar refractivity (Wildman–Crippen MR) is 58.8 cm³/mol. The lowest BCUT2D eigenvalue weighted by molar-refractivity contribution is 0.570. The van der Waals surface area contributed by atoms with E-state index in [-0.39, 0.29) is 5.22 Å². The first-order chi connectivity index (χ1) is 7.75. The van der Waals surface area contributed by atoms with Crippen LogP contribution in [0.4, 0.5) is 5.82 Å². The number of H-pyrrole nitrogens is 1. The number of nitrogens with zero attached hydrogens (tertiary/aromatic N) is 3. The summed E-state index contributed by atoms with van der Waals surface area (Å²) in [5.74, 6) is 0.907. The summed E-state index contributed by atoms with van der Waals surface area (Å²) in [6.45, 7) is 0. The van der Waals surface area contributed by atoms with E-state index >= 15 is 0 Å². The molecule has 7 heteroatoms. The lowest BCUT2D eigenvalue weighted by Crippen LogP contribution is -1.91. The van der Waals surface area contributed by atoms with Gasteiger partial charge in [0.15, 0.2) is 11.5 Å². The van der Waals surface area contributed by atoms with Crippen LogP contribution in [0.5, 0.6) is 0 Å². The van der Waals surface area contributed by atoms with Crippen LogP contribution in [0.15, 0.2) is 23.1 Å². The molecule has 3 rings (SSSR count). The molecular formula is C9H6ClN5O. The SMILES string of the molecule is Nc1ncnc2nc(-c3ccoc3Cl)[nH]c12. The summed E-state index contributed by atoms with van der Waals surface area (Å²) in [7, 11) is 0. The normalized spacial score (nSPS) is 11.1. The summed E-state index contributed by atoms with van der Waals surface area (Å²) in [4.78, 5) is 15.1. The number of hydrogen-bond acceptors (Lipinski definition) is 5. The average Bonchev–Trinajstić information content (AvgIpc) is 2.84. The van der Waals surface area contributed by atoms with Gasteiger partial charge in [-0.25, -0.2) is 15.0 Å². The molecule has 0 amide bonds. The Labute approximate surface area is 94.5 Å². The lowest BCUT2D eigenvalue weighted by Gasteiger charge is -1.90. The molecule has 80 valence electrons. The first-order valence-corrected chi connectivity index (χ1v) is 4.83. The maximum absolute atomic E-state index is 5.85. The molecule has 3 aromatic rings. The number of rotatable bonds is 1. The van der Waals surface area contributed by atoms with Gasteiger partial charge in [-0.1, -0.05) is 0 Å². The predicted octanol–water partition coefficient (Wildman–Crippen LogP) is 1.85. The van der Waals surface area contributed by atoms with E-state index in [1.807, 2.05) is 0 Å². The van der Waals surface area contributed by atoms with Crippen LogP contribution in [0.3, 0.4) is 0 Å². The number of nitrogens with two attached hydrogens (primary N) is 1. The van der Waals surface area contributed by atoms with Crippen LogP contribution in [-0.2, 0) is 0 Å². The Morgan fingerprint density at radius 2 is 2.25 bits per heavy atom. The van der Waals surface area contributed by atoms with E-state index in [9.17, 15) is 0 Å². The third kappa shape index (κ3) is 1.24. The number of halogens is 1. The molecule has 3 heterocycles. The maximum atomic E-state index is 5.85. The second-order valence-corrected chi connectivity index (χ2v) is 3.49. The molecule has 0 fully saturated rings. The Morgan fingerprint density at radius 1 is 1.38 bits per heavy atom. The Hall–Kier alpha value is -2.08. The number of anilines is 1. The monoisotopic (exact) mass is 235 g/mol. The van der Waals surface area contributed by atoms with Gasteiger partial charge in [0.2, 0.25) is 5.22 Å². The van der Waals surface area contributed by atoms with E-state index in [2.05, 4.69) is 19.9 Å². The van der Waals surface area contributed by atoms with Gasteiger partial charge in [0.25, 0.3) is 0 Å². The van der Waals surface area contributed by atoms with Crippen molar-refractivity contribution in [2.24, 2.45) is 0 Å². The molecule has 0 radical (unpaired) electrons. The van der Waals surface area contributed by atoms with Crippen molar-refractivity contribution in [2.75, 3.05) is 5.73 Å². The average molecular weight is 236 g/mol. The number of hydrogen-bond donors (Lipinski definition) is 2. The summed E-state index contributed by atoms with van der Waals surface area (Å²) in [5, 5.41) is 0.269. The maximum Gasteiger partial charge on any atom is 0.203 e. The molecule has 0 bridgehead atoms. The van der Waals surface area contributed by atoms with Crippen molar-refractivity contribution in [3.05, 3.63) is 23.9 Å². The first kappa shape index (κ1) is 9.17. The fourth-order valence-corrected chi connectivity index (χ4v) is 1.64. The zero-order valence-corrected chi connectivity index (χ0v) is 8.69. The van der Waals surface area contributed by atoms with Gasteiger partial charge in [0, 0.05) is 0 Å². The van der Waals surface area contributed by atoms with Crippen molar-refractivity contribution < 1.29 is 4.42 Å². The summed E-state index contributed by atoms with van der Waals surface area (Å²) in [6, 6.07) is 1.71. The van der Waals surface area contributed by atoms with Crippen LogP contribution in [0.1, 0.15) is 0 Å². The van der Waals surface area contributed by atoms with Crippen LogP contribution in [0.2, 0.25) is 5.22 Å². The molecule has 0 aliphatic heterocycles. The van der Waals surface area contributed by atoms with Gasteiger partial charge in [-0.3, -0.25) is 0 Å². The van der Waals surface area contributed by atoms with Gasteiger partial charge >= 0.3 is 0 Å². The molecule has 3 N–H and O–H groups in total. The standard InChI is InChI=1S/C9H6ClN5O/c10-6-4(1-2-16-6)8-14-5-7(11)12-3-13-9(5)15-8/h1-3H,(H3,11,12,13,14,15). The number of aromatic amines is 1. The zero-order valence-electron chi connectivity index (χ0n) is 7.94. The number of furan rings is 1. The highest BCUT2D eigenvalue weighted by Crippen LogP contribution is 2.28. The molecule has 0 aliphatic carbocycles. The second kappa shape index (κ2) is 3.21. The molecule has 0 aliphatic rings. The number of aromatic nitrogens is 4. The largest absolute Gasteiger partial charge is 0.452 e. The minimum atomic E-state index is 0.269. The fraction of sp³-hybridized carbons (Fsp3) is 0. The van der Waals surface area contributed by atoms with Crippen LogP contribution < -0.4 is 5.73 Å². The molecule has 0 saturated heterocycles. The zero-order chi connectivity index (χ0) is 11.1. The summed E-state index contributed by atoms with van der Waals surface area (Å²) < 4.78 is 4.98. The number of nitrogens with one attached hydrogen (secondary N) is 1. The number of fused-ring (bicyclic) bond motifs is 1. The first-order valence-electron chi connectivity index (χ1n) is 4.45. The summed E-state index contributed by atoms with van der Waals surface area (Å²) in [6.07, 6.45) is 2.85. The second-order valence-electron chi connectivity index (χ2n) is 3.15. The van der Waals surface area contributed by atoms with Gasteiger partial charge in [-0.05, 0) is 17.7 Å². The van der Waals surface area contributed by atoms with Crippen molar-refractivity contribution in [3.63, 3.8) is 0 Å². The van der Waals surface area contributed by atoms with Crippen molar-refractivity contribution in [1.29, 1.82) is 0 Å². The van der Waals surface area contributed by atoms with E-state index in [0.717, 1.165) is 0 Å². The van der Waals surface area contributed by atoms with Gasteiger partial charge in [-0.2, -0.15) is 0 Å². The lowest BCUT2D eigenvalue weighted by atomic mass is 10.3. The molecule has 0 unspecified atom stereocenters. The highest BCUT2D eigenvalue weighted by molar-refractivity contribution is 6.31. The van der Waals surface area contributed by atoms with Crippen molar-refractivity contribution in [2.45, 2.75) is 0 Å². The Bertz CT molecular complexity index is 659. The molecule has 16 heavy (non-hydrogen) atoms. The Morgan fingerprint density at radius 3 is 2.94 bits per heavy atom. The van der Waals surface area contributed by atoms with Crippen LogP contribution >= 0.6 is 11.6 Å².